The molecule has 0 fully saturated rings. The molecule has 2 aromatic heterocycles. The minimum absolute atomic E-state index is 0.116. The molecule has 178 valence electrons. The summed E-state index contributed by atoms with van der Waals surface area (Å²) < 4.78 is 33.3. The van der Waals surface area contributed by atoms with Crippen molar-refractivity contribution in [1.82, 2.24) is 9.55 Å². The van der Waals surface area contributed by atoms with Crippen molar-refractivity contribution < 1.29 is 23.4 Å². The van der Waals surface area contributed by atoms with Crippen LogP contribution in [-0.4, -0.2) is 15.5 Å². The zero-order valence-corrected chi connectivity index (χ0v) is 19.7. The highest BCUT2D eigenvalue weighted by Crippen LogP contribution is 2.37. The van der Waals surface area contributed by atoms with Gasteiger partial charge in [0.25, 0.3) is 5.56 Å². The van der Waals surface area contributed by atoms with Crippen LogP contribution in [0.2, 0.25) is 0 Å². The van der Waals surface area contributed by atoms with E-state index < -0.39 is 18.1 Å². The SMILES string of the molecule is Cc1c(C(=O)OCc2cc(F)cc3c2O[C@H](c2ccccc2)OC3)sc2nc3n(c(=O)c12)CCC3. The maximum Gasteiger partial charge on any atom is 0.349 e. The van der Waals surface area contributed by atoms with E-state index in [2.05, 4.69) is 4.98 Å². The summed E-state index contributed by atoms with van der Waals surface area (Å²) in [6, 6.07) is 12.1. The third kappa shape index (κ3) is 3.81. The average molecular weight is 493 g/mol. The standard InChI is InChI=1S/C26H21FN2O5S/c1-14-20-23(28-19-8-5-9-29(19)24(20)30)35-22(14)25(31)32-12-16-10-18(27)11-17-13-33-26(34-21(16)17)15-6-3-2-4-7-15/h2-4,6-7,10-11,26H,5,8-9,12-13H2,1H3/t26-/m1/s1. The fourth-order valence-electron chi connectivity index (χ4n) is 4.64. The molecule has 0 unspecified atom stereocenters. The van der Waals surface area contributed by atoms with Gasteiger partial charge < -0.3 is 14.2 Å². The van der Waals surface area contributed by atoms with Crippen molar-refractivity contribution in [3.8, 4) is 5.75 Å². The molecule has 0 N–H and O–H groups in total. The molecule has 0 radical (unpaired) electrons. The fraction of sp³-hybridized carbons (Fsp3) is 0.269. The van der Waals surface area contributed by atoms with Gasteiger partial charge in [0.15, 0.2) is 0 Å². The maximum atomic E-state index is 14.3. The molecular weight excluding hydrogens is 471 g/mol. The van der Waals surface area contributed by atoms with Crippen LogP contribution in [-0.2, 0) is 35.7 Å². The van der Waals surface area contributed by atoms with Crippen LogP contribution in [0.5, 0.6) is 5.75 Å². The lowest BCUT2D eigenvalue weighted by molar-refractivity contribution is -0.112. The van der Waals surface area contributed by atoms with E-state index in [4.69, 9.17) is 14.2 Å². The number of fused-ring (bicyclic) bond motifs is 3. The van der Waals surface area contributed by atoms with E-state index >= 15 is 0 Å². The fourth-order valence-corrected chi connectivity index (χ4v) is 5.72. The maximum absolute atomic E-state index is 14.3. The van der Waals surface area contributed by atoms with Crippen LogP contribution in [0.4, 0.5) is 4.39 Å². The molecule has 0 saturated heterocycles. The van der Waals surface area contributed by atoms with Gasteiger partial charge in [-0.3, -0.25) is 9.36 Å². The van der Waals surface area contributed by atoms with Gasteiger partial charge in [0.05, 0.1) is 12.0 Å². The lowest BCUT2D eigenvalue weighted by Gasteiger charge is -2.28. The number of hydrogen-bond donors (Lipinski definition) is 0. The zero-order valence-electron chi connectivity index (χ0n) is 18.9. The Bertz CT molecular complexity index is 1530. The summed E-state index contributed by atoms with van der Waals surface area (Å²) in [7, 11) is 0. The summed E-state index contributed by atoms with van der Waals surface area (Å²) in [6.07, 6.45) is 0.999. The van der Waals surface area contributed by atoms with Crippen LogP contribution in [0, 0.1) is 12.7 Å². The second kappa shape index (κ2) is 8.58. The number of aryl methyl sites for hydroxylation is 2. The Morgan fingerprint density at radius 2 is 2.11 bits per heavy atom. The average Bonchev–Trinajstić information content (AvgIpc) is 3.47. The molecule has 0 amide bonds. The van der Waals surface area contributed by atoms with Crippen LogP contribution >= 0.6 is 11.3 Å². The number of carbonyl (C=O) groups excluding carboxylic acids is 1. The van der Waals surface area contributed by atoms with Gasteiger partial charge >= 0.3 is 5.97 Å². The first-order valence-corrected chi connectivity index (χ1v) is 12.2. The molecule has 6 rings (SSSR count). The molecule has 1 atom stereocenters. The van der Waals surface area contributed by atoms with Gasteiger partial charge in [-0.2, -0.15) is 0 Å². The minimum Gasteiger partial charge on any atom is -0.460 e. The van der Waals surface area contributed by atoms with E-state index in [1.807, 2.05) is 30.3 Å². The van der Waals surface area contributed by atoms with Crippen molar-refractivity contribution in [2.75, 3.05) is 0 Å². The van der Waals surface area contributed by atoms with E-state index in [0.29, 0.717) is 44.1 Å². The van der Waals surface area contributed by atoms with Gasteiger partial charge in [0.1, 0.15) is 33.7 Å². The third-order valence-corrected chi connectivity index (χ3v) is 7.52. The van der Waals surface area contributed by atoms with Gasteiger partial charge in [0.2, 0.25) is 6.29 Å². The molecule has 0 aliphatic carbocycles. The van der Waals surface area contributed by atoms with Crippen molar-refractivity contribution in [3.05, 3.63) is 91.6 Å². The summed E-state index contributed by atoms with van der Waals surface area (Å²) in [5.41, 5.74) is 2.23. The Labute approximate surface area is 203 Å². The predicted octanol–water partition coefficient (Wildman–Crippen LogP) is 4.82. The van der Waals surface area contributed by atoms with Crippen molar-refractivity contribution in [2.24, 2.45) is 0 Å². The van der Waals surface area contributed by atoms with Gasteiger partial charge in [-0.1, -0.05) is 30.3 Å². The van der Waals surface area contributed by atoms with E-state index in [-0.39, 0.29) is 18.8 Å². The Balaban J connectivity index is 1.27. The van der Waals surface area contributed by atoms with E-state index in [0.717, 1.165) is 35.6 Å². The summed E-state index contributed by atoms with van der Waals surface area (Å²) in [4.78, 5) is 31.4. The Hall–Kier alpha value is -3.56. The first-order valence-electron chi connectivity index (χ1n) is 11.3. The lowest BCUT2D eigenvalue weighted by Crippen LogP contribution is -2.20. The first kappa shape index (κ1) is 21.9. The second-order valence-electron chi connectivity index (χ2n) is 8.63. The number of halogens is 1. The van der Waals surface area contributed by atoms with E-state index in [9.17, 15) is 14.0 Å². The van der Waals surface area contributed by atoms with Crippen molar-refractivity contribution >= 4 is 27.5 Å². The predicted molar refractivity (Wildman–Crippen MR) is 127 cm³/mol. The smallest absolute Gasteiger partial charge is 0.349 e. The molecule has 7 nitrogen and oxygen atoms in total. The molecule has 2 aromatic carbocycles. The van der Waals surface area contributed by atoms with Crippen LogP contribution in [0.25, 0.3) is 10.2 Å². The number of rotatable bonds is 4. The van der Waals surface area contributed by atoms with Gasteiger partial charge in [0, 0.05) is 29.7 Å². The number of carbonyl (C=O) groups is 1. The highest BCUT2D eigenvalue weighted by molar-refractivity contribution is 7.20. The van der Waals surface area contributed by atoms with Crippen LogP contribution < -0.4 is 10.3 Å². The Morgan fingerprint density at radius 3 is 2.94 bits per heavy atom. The molecule has 4 heterocycles. The number of thiophene rings is 1. The monoisotopic (exact) mass is 492 g/mol. The Morgan fingerprint density at radius 1 is 1.29 bits per heavy atom. The number of aromatic nitrogens is 2. The quantitative estimate of drug-likeness (QED) is 0.380. The number of nitrogens with zero attached hydrogens (tertiary/aromatic N) is 2. The van der Waals surface area contributed by atoms with Crippen LogP contribution in [0.3, 0.4) is 0 Å². The minimum atomic E-state index is -0.644. The summed E-state index contributed by atoms with van der Waals surface area (Å²) in [5.74, 6) is 0.149. The van der Waals surface area contributed by atoms with Crippen LogP contribution in [0.15, 0.2) is 47.3 Å². The highest BCUT2D eigenvalue weighted by atomic mass is 32.1. The molecule has 4 aromatic rings. The second-order valence-corrected chi connectivity index (χ2v) is 9.62. The molecule has 0 saturated carbocycles. The van der Waals surface area contributed by atoms with Crippen molar-refractivity contribution in [2.45, 2.75) is 45.8 Å². The van der Waals surface area contributed by atoms with E-state index in [1.54, 1.807) is 11.5 Å². The summed E-state index contributed by atoms with van der Waals surface area (Å²) in [6.45, 7) is 2.36. The van der Waals surface area contributed by atoms with Gasteiger partial charge in [-0.15, -0.1) is 11.3 Å². The molecule has 0 spiro atoms. The number of hydrogen-bond acceptors (Lipinski definition) is 7. The highest BCUT2D eigenvalue weighted by Gasteiger charge is 2.27. The largest absolute Gasteiger partial charge is 0.460 e. The topological polar surface area (TPSA) is 79.7 Å². The number of benzene rings is 2. The van der Waals surface area contributed by atoms with Crippen molar-refractivity contribution in [1.29, 1.82) is 0 Å². The Kier molecular flexibility index (Phi) is 5.38. The number of esters is 1. The molecule has 9 heteroatoms. The molecular formula is C26H21FN2O5S. The van der Waals surface area contributed by atoms with Gasteiger partial charge in [-0.25, -0.2) is 14.2 Å². The van der Waals surface area contributed by atoms with Crippen molar-refractivity contribution in [3.63, 3.8) is 0 Å². The van der Waals surface area contributed by atoms with Gasteiger partial charge in [-0.05, 0) is 31.0 Å². The molecule has 2 aliphatic rings. The summed E-state index contributed by atoms with van der Waals surface area (Å²) in [5, 5.41) is 0.460. The normalized spacial score (nSPS) is 16.6. The lowest BCUT2D eigenvalue weighted by atomic mass is 10.1. The van der Waals surface area contributed by atoms with E-state index in [1.165, 1.54) is 12.1 Å². The van der Waals surface area contributed by atoms with Crippen LogP contribution in [0.1, 0.15) is 50.5 Å². The summed E-state index contributed by atoms with van der Waals surface area (Å²) >= 11 is 1.15. The number of ether oxygens (including phenoxy) is 3. The third-order valence-electron chi connectivity index (χ3n) is 6.35. The molecule has 2 aliphatic heterocycles. The molecule has 0 bridgehead atoms. The first-order chi connectivity index (χ1) is 17.0. The zero-order chi connectivity index (χ0) is 24.1. The molecule has 35 heavy (non-hydrogen) atoms.